The first-order chi connectivity index (χ1) is 14.3. The third-order valence-corrected chi connectivity index (χ3v) is 6.66. The number of rotatable bonds is 7. The van der Waals surface area contributed by atoms with Crippen molar-refractivity contribution in [2.45, 2.75) is 40.2 Å². The van der Waals surface area contributed by atoms with Crippen molar-refractivity contribution in [1.82, 2.24) is 19.8 Å². The van der Waals surface area contributed by atoms with Gasteiger partial charge in [-0.05, 0) is 37.2 Å². The average molecular weight is 435 g/mol. The molecule has 0 aliphatic carbocycles. The van der Waals surface area contributed by atoms with Gasteiger partial charge >= 0.3 is 0 Å². The molecule has 2 amide bonds. The van der Waals surface area contributed by atoms with E-state index in [1.54, 1.807) is 14.0 Å². The summed E-state index contributed by atoms with van der Waals surface area (Å²) in [5.41, 5.74) is 0.331. The quantitative estimate of drug-likeness (QED) is 0.673. The second-order valence-corrected chi connectivity index (χ2v) is 9.26. The number of carbonyl (C=O) groups is 2. The predicted octanol–water partition coefficient (Wildman–Crippen LogP) is 2.04. The van der Waals surface area contributed by atoms with Gasteiger partial charge in [0, 0.05) is 33.4 Å². The van der Waals surface area contributed by atoms with Gasteiger partial charge < -0.3 is 15.0 Å². The minimum Gasteiger partial charge on any atom is -0.385 e. The molecule has 3 rings (SSSR count). The average Bonchev–Trinajstić information content (AvgIpc) is 3.04. The van der Waals surface area contributed by atoms with Crippen LogP contribution in [0.5, 0.6) is 0 Å². The molecular formula is C21H30N4O4S. The van der Waals surface area contributed by atoms with Crippen LogP contribution in [0.3, 0.4) is 0 Å². The number of aryl methyl sites for hydroxylation is 1. The Morgan fingerprint density at radius 3 is 2.67 bits per heavy atom. The van der Waals surface area contributed by atoms with Crippen LogP contribution in [0.25, 0.3) is 10.2 Å². The lowest BCUT2D eigenvalue weighted by Gasteiger charge is -2.35. The molecule has 2 atom stereocenters. The van der Waals surface area contributed by atoms with Crippen LogP contribution in [0, 0.1) is 18.8 Å². The summed E-state index contributed by atoms with van der Waals surface area (Å²) in [6, 6.07) is 0. The summed E-state index contributed by atoms with van der Waals surface area (Å²) in [7, 11) is 1.62. The molecule has 0 bridgehead atoms. The van der Waals surface area contributed by atoms with E-state index in [-0.39, 0.29) is 23.9 Å². The first-order valence-electron chi connectivity index (χ1n) is 10.3. The number of fused-ring (bicyclic) bond motifs is 1. The SMILES string of the molecule is COCCCNC(=O)c1sc2ncn(CC(=O)N3C[C@H](C)C[C@H](C)C3)c(=O)c2c1C. The van der Waals surface area contributed by atoms with Gasteiger partial charge in [0.2, 0.25) is 5.91 Å². The molecule has 1 aliphatic heterocycles. The number of methoxy groups -OCH3 is 1. The Balaban J connectivity index is 1.78. The van der Waals surface area contributed by atoms with E-state index < -0.39 is 0 Å². The number of hydrogen-bond donors (Lipinski definition) is 1. The summed E-state index contributed by atoms with van der Waals surface area (Å²) in [5, 5.41) is 3.26. The minimum atomic E-state index is -0.279. The molecule has 30 heavy (non-hydrogen) atoms. The van der Waals surface area contributed by atoms with E-state index in [1.165, 1.54) is 22.2 Å². The molecule has 0 saturated carbocycles. The van der Waals surface area contributed by atoms with Gasteiger partial charge in [0.05, 0.1) is 16.6 Å². The summed E-state index contributed by atoms with van der Waals surface area (Å²) in [6.07, 6.45) is 3.24. The molecule has 0 unspecified atom stereocenters. The fourth-order valence-electron chi connectivity index (χ4n) is 4.10. The van der Waals surface area contributed by atoms with E-state index in [0.717, 1.165) is 19.5 Å². The van der Waals surface area contributed by atoms with Crippen LogP contribution in [-0.4, -0.2) is 59.6 Å². The number of carbonyl (C=O) groups excluding carboxylic acids is 2. The Morgan fingerprint density at radius 1 is 1.30 bits per heavy atom. The molecule has 164 valence electrons. The highest BCUT2D eigenvalue weighted by Gasteiger charge is 2.26. The smallest absolute Gasteiger partial charge is 0.262 e. The largest absolute Gasteiger partial charge is 0.385 e. The van der Waals surface area contributed by atoms with Gasteiger partial charge in [0.15, 0.2) is 0 Å². The van der Waals surface area contributed by atoms with E-state index in [2.05, 4.69) is 24.1 Å². The highest BCUT2D eigenvalue weighted by Crippen LogP contribution is 2.27. The monoisotopic (exact) mass is 434 g/mol. The first-order valence-corrected chi connectivity index (χ1v) is 11.2. The van der Waals surface area contributed by atoms with Crippen LogP contribution in [-0.2, 0) is 16.1 Å². The Morgan fingerprint density at radius 2 is 2.00 bits per heavy atom. The van der Waals surface area contributed by atoms with Crippen LogP contribution >= 0.6 is 11.3 Å². The fourth-order valence-corrected chi connectivity index (χ4v) is 5.16. The fraction of sp³-hybridized carbons (Fsp3) is 0.619. The van der Waals surface area contributed by atoms with Gasteiger partial charge in [-0.25, -0.2) is 4.98 Å². The number of ether oxygens (including phenoxy) is 1. The zero-order chi connectivity index (χ0) is 21.8. The Kier molecular flexibility index (Phi) is 7.25. The summed E-state index contributed by atoms with van der Waals surface area (Å²) in [4.78, 5) is 45.5. The van der Waals surface area contributed by atoms with Crippen LogP contribution in [0.4, 0.5) is 0 Å². The van der Waals surface area contributed by atoms with Gasteiger partial charge in [-0.15, -0.1) is 11.3 Å². The molecule has 1 N–H and O–H groups in total. The van der Waals surface area contributed by atoms with Crippen LogP contribution in [0.15, 0.2) is 11.1 Å². The number of nitrogens with one attached hydrogen (secondary N) is 1. The normalized spacial score (nSPS) is 19.3. The molecule has 1 aliphatic rings. The Bertz CT molecular complexity index is 973. The molecule has 8 nitrogen and oxygen atoms in total. The van der Waals surface area contributed by atoms with Crippen molar-refractivity contribution in [3.8, 4) is 0 Å². The molecule has 9 heteroatoms. The van der Waals surface area contributed by atoms with Crippen molar-refractivity contribution < 1.29 is 14.3 Å². The number of thiophene rings is 1. The first kappa shape index (κ1) is 22.4. The number of hydrogen-bond acceptors (Lipinski definition) is 6. The maximum atomic E-state index is 13.0. The summed E-state index contributed by atoms with van der Waals surface area (Å²) < 4.78 is 6.34. The zero-order valence-corrected chi connectivity index (χ0v) is 18.9. The molecule has 0 aromatic carbocycles. The predicted molar refractivity (Wildman–Crippen MR) is 117 cm³/mol. The van der Waals surface area contributed by atoms with Crippen molar-refractivity contribution in [3.63, 3.8) is 0 Å². The van der Waals surface area contributed by atoms with Gasteiger partial charge in [0.1, 0.15) is 11.4 Å². The van der Waals surface area contributed by atoms with Gasteiger partial charge in [0.25, 0.3) is 11.5 Å². The van der Waals surface area contributed by atoms with Crippen molar-refractivity contribution in [1.29, 1.82) is 0 Å². The number of amides is 2. The second-order valence-electron chi connectivity index (χ2n) is 8.26. The summed E-state index contributed by atoms with van der Waals surface area (Å²) in [5.74, 6) is 0.628. The molecule has 1 fully saturated rings. The van der Waals surface area contributed by atoms with Crippen LogP contribution < -0.4 is 10.9 Å². The van der Waals surface area contributed by atoms with E-state index in [1.807, 2.05) is 4.90 Å². The molecule has 2 aromatic heterocycles. The van der Waals surface area contributed by atoms with Crippen molar-refractivity contribution in [3.05, 3.63) is 27.1 Å². The lowest BCUT2D eigenvalue weighted by molar-refractivity contribution is -0.134. The second kappa shape index (κ2) is 9.70. The summed E-state index contributed by atoms with van der Waals surface area (Å²) >= 11 is 1.20. The lowest BCUT2D eigenvalue weighted by Crippen LogP contribution is -2.44. The molecule has 0 spiro atoms. The van der Waals surface area contributed by atoms with Crippen molar-refractivity contribution >= 4 is 33.4 Å². The van der Waals surface area contributed by atoms with Crippen LogP contribution in [0.1, 0.15) is 41.9 Å². The molecule has 1 saturated heterocycles. The number of piperidine rings is 1. The van der Waals surface area contributed by atoms with Crippen molar-refractivity contribution in [2.24, 2.45) is 11.8 Å². The third kappa shape index (κ3) is 4.89. The summed E-state index contributed by atoms with van der Waals surface area (Å²) in [6.45, 7) is 8.52. The molecule has 2 aromatic rings. The third-order valence-electron chi connectivity index (χ3n) is 5.46. The van der Waals surface area contributed by atoms with Gasteiger partial charge in [-0.3, -0.25) is 19.0 Å². The lowest BCUT2D eigenvalue weighted by atomic mass is 9.92. The minimum absolute atomic E-state index is 0.0327. The van der Waals surface area contributed by atoms with E-state index >= 15 is 0 Å². The topological polar surface area (TPSA) is 93.5 Å². The van der Waals surface area contributed by atoms with Crippen molar-refractivity contribution in [2.75, 3.05) is 33.4 Å². The van der Waals surface area contributed by atoms with E-state index in [9.17, 15) is 14.4 Å². The highest BCUT2D eigenvalue weighted by atomic mass is 32.1. The highest BCUT2D eigenvalue weighted by molar-refractivity contribution is 7.20. The Labute approximate surface area is 180 Å². The molecular weight excluding hydrogens is 404 g/mol. The maximum Gasteiger partial charge on any atom is 0.262 e. The Hall–Kier alpha value is -2.26. The number of likely N-dealkylation sites (tertiary alicyclic amines) is 1. The van der Waals surface area contributed by atoms with Gasteiger partial charge in [-0.1, -0.05) is 13.8 Å². The maximum absolute atomic E-state index is 13.0. The van der Waals surface area contributed by atoms with E-state index in [0.29, 0.717) is 52.1 Å². The standard InChI is InChI=1S/C21H30N4O4S/c1-13-8-14(2)10-24(9-13)16(26)11-25-12-23-20-17(21(25)28)15(3)18(30-20)19(27)22-6-5-7-29-4/h12-14H,5-11H2,1-4H3,(H,22,27)/t13-,14+. The zero-order valence-electron chi connectivity index (χ0n) is 18.1. The number of aromatic nitrogens is 2. The van der Waals surface area contributed by atoms with Crippen LogP contribution in [0.2, 0.25) is 0 Å². The molecule has 3 heterocycles. The number of nitrogens with zero attached hydrogens (tertiary/aromatic N) is 3. The molecule has 0 radical (unpaired) electrons. The van der Waals surface area contributed by atoms with E-state index in [4.69, 9.17) is 4.74 Å². The van der Waals surface area contributed by atoms with Gasteiger partial charge in [-0.2, -0.15) is 0 Å².